The Morgan fingerprint density at radius 2 is 1.95 bits per heavy atom. The third-order valence-corrected chi connectivity index (χ3v) is 4.66. The molecule has 2 rings (SSSR count). The molecule has 0 aliphatic carbocycles. The molecule has 0 fully saturated rings. The van der Waals surface area contributed by atoms with E-state index in [-0.39, 0.29) is 10.6 Å². The number of halogens is 3. The molecule has 0 unspecified atom stereocenters. The van der Waals surface area contributed by atoms with Gasteiger partial charge >= 0.3 is 0 Å². The van der Waals surface area contributed by atoms with Gasteiger partial charge in [-0.2, -0.15) is 0 Å². The summed E-state index contributed by atoms with van der Waals surface area (Å²) in [7, 11) is 1.42. The number of pyridine rings is 1. The molecule has 2 aromatic rings. The Morgan fingerprint density at radius 1 is 1.24 bits per heavy atom. The average molecular weight is 410 g/mol. The van der Waals surface area contributed by atoms with Crippen molar-refractivity contribution in [2.75, 3.05) is 5.32 Å². The van der Waals surface area contributed by atoms with Gasteiger partial charge < -0.3 is 5.32 Å². The zero-order valence-corrected chi connectivity index (χ0v) is 14.1. The number of amides is 1. The van der Waals surface area contributed by atoms with Crippen LogP contribution in [0.15, 0.2) is 45.9 Å². The summed E-state index contributed by atoms with van der Waals surface area (Å²) in [4.78, 5) is 15.8. The number of benzene rings is 1. The lowest BCUT2D eigenvalue weighted by Crippen LogP contribution is -2.13. The largest absolute Gasteiger partial charge is 0.320 e. The van der Waals surface area contributed by atoms with E-state index in [1.54, 1.807) is 6.07 Å². The molecular formula is C12H7BrCl2N2O3S. The van der Waals surface area contributed by atoms with Gasteiger partial charge in [-0.15, -0.1) is 0 Å². The van der Waals surface area contributed by atoms with Crippen LogP contribution in [0.5, 0.6) is 0 Å². The minimum atomic E-state index is -3.82. The number of carbonyl (C=O) groups is 1. The molecule has 1 aromatic heterocycles. The van der Waals surface area contributed by atoms with Crippen LogP contribution in [0.4, 0.5) is 5.69 Å². The molecule has 21 heavy (non-hydrogen) atoms. The highest BCUT2D eigenvalue weighted by Crippen LogP contribution is 2.27. The molecule has 0 bridgehead atoms. The van der Waals surface area contributed by atoms with Crippen LogP contribution in [0, 0.1) is 0 Å². The molecule has 9 heteroatoms. The van der Waals surface area contributed by atoms with Crippen LogP contribution >= 0.6 is 38.2 Å². The average Bonchev–Trinajstić information content (AvgIpc) is 2.40. The van der Waals surface area contributed by atoms with Crippen molar-refractivity contribution >= 4 is 58.9 Å². The van der Waals surface area contributed by atoms with E-state index in [0.29, 0.717) is 15.2 Å². The highest BCUT2D eigenvalue weighted by molar-refractivity contribution is 9.10. The van der Waals surface area contributed by atoms with Crippen LogP contribution in [0.2, 0.25) is 5.02 Å². The summed E-state index contributed by atoms with van der Waals surface area (Å²) in [5, 5.41) is 3.02. The van der Waals surface area contributed by atoms with Crippen molar-refractivity contribution in [1.29, 1.82) is 0 Å². The first-order valence-corrected chi connectivity index (χ1v) is 8.92. The molecule has 1 amide bonds. The van der Waals surface area contributed by atoms with Gasteiger partial charge in [0, 0.05) is 21.4 Å². The fraction of sp³-hybridized carbons (Fsp3) is 0. The summed E-state index contributed by atoms with van der Waals surface area (Å²) in [6.07, 6.45) is 1.36. The maximum atomic E-state index is 12.0. The first-order valence-electron chi connectivity index (χ1n) is 5.44. The molecule has 110 valence electrons. The van der Waals surface area contributed by atoms with Gasteiger partial charge in [0.2, 0.25) is 0 Å². The predicted molar refractivity (Wildman–Crippen MR) is 84.4 cm³/mol. The first kappa shape index (κ1) is 16.2. The van der Waals surface area contributed by atoms with Gasteiger partial charge in [0.1, 0.15) is 5.69 Å². The van der Waals surface area contributed by atoms with Crippen LogP contribution in [-0.2, 0) is 9.05 Å². The van der Waals surface area contributed by atoms with E-state index in [1.807, 2.05) is 0 Å². The van der Waals surface area contributed by atoms with E-state index in [4.69, 9.17) is 22.3 Å². The second kappa shape index (κ2) is 6.31. The van der Waals surface area contributed by atoms with Gasteiger partial charge in [-0.05, 0) is 46.3 Å². The van der Waals surface area contributed by atoms with Gasteiger partial charge in [-0.3, -0.25) is 4.79 Å². The Bertz CT molecular complexity index is 795. The molecule has 1 aromatic carbocycles. The zero-order valence-electron chi connectivity index (χ0n) is 10.2. The van der Waals surface area contributed by atoms with Crippen LogP contribution in [0.25, 0.3) is 0 Å². The number of anilines is 1. The topological polar surface area (TPSA) is 76.1 Å². The van der Waals surface area contributed by atoms with Gasteiger partial charge in [-0.25, -0.2) is 13.4 Å². The molecule has 5 nitrogen and oxygen atoms in total. The molecule has 0 saturated heterocycles. The molecule has 0 aliphatic rings. The summed E-state index contributed by atoms with van der Waals surface area (Å²) in [5.41, 5.74) is 0.571. The Kier molecular flexibility index (Phi) is 4.88. The van der Waals surface area contributed by atoms with E-state index in [0.717, 1.165) is 0 Å². The smallest absolute Gasteiger partial charge is 0.274 e. The maximum absolute atomic E-state index is 12.0. The van der Waals surface area contributed by atoms with E-state index in [9.17, 15) is 13.2 Å². The molecule has 0 aliphatic heterocycles. The number of nitrogens with one attached hydrogen (secondary N) is 1. The highest BCUT2D eigenvalue weighted by atomic mass is 79.9. The van der Waals surface area contributed by atoms with Crippen molar-refractivity contribution in [2.24, 2.45) is 0 Å². The summed E-state index contributed by atoms with van der Waals surface area (Å²) < 4.78 is 22.8. The van der Waals surface area contributed by atoms with Gasteiger partial charge in [-0.1, -0.05) is 11.6 Å². The van der Waals surface area contributed by atoms with Gasteiger partial charge in [0.25, 0.3) is 15.0 Å². The lowest BCUT2D eigenvalue weighted by molar-refractivity contribution is 0.102. The molecule has 0 saturated carbocycles. The quantitative estimate of drug-likeness (QED) is 0.784. The number of rotatable bonds is 3. The molecule has 0 radical (unpaired) electrons. The lowest BCUT2D eigenvalue weighted by atomic mass is 10.3. The standard InChI is InChI=1S/C12H7BrCl2N2O3S/c13-9-5-8(21(15,19)20)2-4-10(9)17-12(18)11-3-1-7(14)6-16-11/h1-6H,(H,17,18). The van der Waals surface area contributed by atoms with Crippen molar-refractivity contribution in [3.63, 3.8) is 0 Å². The fourth-order valence-electron chi connectivity index (χ4n) is 1.45. The second-order valence-electron chi connectivity index (χ2n) is 3.90. The minimum absolute atomic E-state index is 0.0707. The van der Waals surface area contributed by atoms with Crippen LogP contribution in [0.1, 0.15) is 10.5 Å². The van der Waals surface area contributed by atoms with E-state index >= 15 is 0 Å². The van der Waals surface area contributed by atoms with Crippen molar-refractivity contribution in [1.82, 2.24) is 4.98 Å². The van der Waals surface area contributed by atoms with Crippen molar-refractivity contribution < 1.29 is 13.2 Å². The molecule has 1 heterocycles. The first-order chi connectivity index (χ1) is 9.77. The summed E-state index contributed by atoms with van der Waals surface area (Å²) in [6.45, 7) is 0. The van der Waals surface area contributed by atoms with Gasteiger partial charge in [0.05, 0.1) is 15.6 Å². The van der Waals surface area contributed by atoms with Crippen LogP contribution in [0.3, 0.4) is 0 Å². The predicted octanol–water partition coefficient (Wildman–Crippen LogP) is 3.68. The van der Waals surface area contributed by atoms with Crippen LogP contribution in [-0.4, -0.2) is 19.3 Å². The summed E-state index contributed by atoms with van der Waals surface area (Å²) in [5.74, 6) is -0.450. The van der Waals surface area contributed by atoms with Gasteiger partial charge in [0.15, 0.2) is 0 Å². The number of aromatic nitrogens is 1. The number of hydrogen-bond donors (Lipinski definition) is 1. The monoisotopic (exact) mass is 408 g/mol. The Hall–Kier alpha value is -1.15. The number of carbonyl (C=O) groups excluding carboxylic acids is 1. The number of nitrogens with zero attached hydrogens (tertiary/aromatic N) is 1. The normalized spacial score (nSPS) is 11.2. The second-order valence-corrected chi connectivity index (χ2v) is 7.75. The highest BCUT2D eigenvalue weighted by Gasteiger charge is 2.14. The van der Waals surface area contributed by atoms with Crippen molar-refractivity contribution in [3.8, 4) is 0 Å². The third-order valence-electron chi connectivity index (χ3n) is 2.43. The molecule has 0 spiro atoms. The number of hydrogen-bond acceptors (Lipinski definition) is 4. The summed E-state index contributed by atoms with van der Waals surface area (Å²) in [6, 6.07) is 7.03. The van der Waals surface area contributed by atoms with E-state index < -0.39 is 15.0 Å². The van der Waals surface area contributed by atoms with Crippen LogP contribution < -0.4 is 5.32 Å². The Morgan fingerprint density at radius 3 is 2.48 bits per heavy atom. The van der Waals surface area contributed by atoms with E-state index in [1.165, 1.54) is 30.5 Å². The fourth-order valence-corrected chi connectivity index (χ4v) is 2.96. The Balaban J connectivity index is 2.24. The third kappa shape index (κ3) is 4.16. The minimum Gasteiger partial charge on any atom is -0.320 e. The SMILES string of the molecule is O=C(Nc1ccc(S(=O)(=O)Cl)cc1Br)c1ccc(Cl)cn1. The maximum Gasteiger partial charge on any atom is 0.274 e. The lowest BCUT2D eigenvalue weighted by Gasteiger charge is -2.08. The van der Waals surface area contributed by atoms with E-state index in [2.05, 4.69) is 26.2 Å². The molecule has 1 N–H and O–H groups in total. The van der Waals surface area contributed by atoms with Crippen molar-refractivity contribution in [3.05, 3.63) is 51.7 Å². The zero-order chi connectivity index (χ0) is 15.6. The Labute approximate surface area is 138 Å². The summed E-state index contributed by atoms with van der Waals surface area (Å²) >= 11 is 8.86. The van der Waals surface area contributed by atoms with Crippen molar-refractivity contribution in [2.45, 2.75) is 4.90 Å². The molecular weight excluding hydrogens is 403 g/mol. The molecule has 0 atom stereocenters.